The van der Waals surface area contributed by atoms with Gasteiger partial charge in [0.25, 0.3) is 0 Å². The predicted molar refractivity (Wildman–Crippen MR) is 49.9 cm³/mol. The first-order valence-electron chi connectivity index (χ1n) is 4.33. The summed E-state index contributed by atoms with van der Waals surface area (Å²) in [4.78, 5) is 11.4. The van der Waals surface area contributed by atoms with E-state index in [0.717, 1.165) is 12.8 Å². The normalized spacial score (nSPS) is 39.2. The van der Waals surface area contributed by atoms with Crippen LogP contribution in [0.2, 0.25) is 0 Å². The minimum Gasteiger partial charge on any atom is -0.299 e. The molecule has 2 heteroatoms. The molecule has 0 spiro atoms. The van der Waals surface area contributed by atoms with E-state index in [-0.39, 0.29) is 0 Å². The third kappa shape index (κ3) is 1.98. The Morgan fingerprint density at radius 3 is 2.73 bits per heavy atom. The highest BCUT2D eigenvalue weighted by Gasteiger charge is 2.30. The summed E-state index contributed by atoms with van der Waals surface area (Å²) < 4.78 is 0. The van der Waals surface area contributed by atoms with Crippen molar-refractivity contribution < 1.29 is 4.79 Å². The molecule has 0 aromatic heterocycles. The fourth-order valence-corrected chi connectivity index (χ4v) is 3.03. The van der Waals surface area contributed by atoms with Crippen molar-refractivity contribution in [3.63, 3.8) is 0 Å². The molecule has 0 unspecified atom stereocenters. The van der Waals surface area contributed by atoms with Crippen molar-refractivity contribution in [3.05, 3.63) is 0 Å². The highest BCUT2D eigenvalue weighted by Crippen LogP contribution is 2.34. The van der Waals surface area contributed by atoms with Crippen LogP contribution >= 0.6 is 11.8 Å². The molecule has 1 aliphatic rings. The monoisotopic (exact) mass is 172 g/mol. The van der Waals surface area contributed by atoms with Crippen molar-refractivity contribution in [1.29, 1.82) is 0 Å². The molecule has 1 nitrogen and oxygen atoms in total. The van der Waals surface area contributed by atoms with E-state index in [9.17, 15) is 4.79 Å². The zero-order valence-electron chi connectivity index (χ0n) is 7.46. The fraction of sp³-hybridized carbons (Fsp3) is 0.889. The van der Waals surface area contributed by atoms with E-state index < -0.39 is 0 Å². The SMILES string of the molecule is CC[C@@H]1S[C@@H](C)CC(=O)[C@H]1C. The van der Waals surface area contributed by atoms with Gasteiger partial charge in [-0.2, -0.15) is 11.8 Å². The highest BCUT2D eigenvalue weighted by molar-refractivity contribution is 8.00. The van der Waals surface area contributed by atoms with Crippen LogP contribution in [-0.4, -0.2) is 16.3 Å². The van der Waals surface area contributed by atoms with Gasteiger partial charge in [-0.1, -0.05) is 20.8 Å². The van der Waals surface area contributed by atoms with Gasteiger partial charge in [-0.05, 0) is 6.42 Å². The average molecular weight is 172 g/mol. The van der Waals surface area contributed by atoms with Gasteiger partial charge in [0, 0.05) is 22.8 Å². The predicted octanol–water partition coefficient (Wildman–Crippen LogP) is 2.50. The van der Waals surface area contributed by atoms with Crippen molar-refractivity contribution in [2.24, 2.45) is 5.92 Å². The smallest absolute Gasteiger partial charge is 0.137 e. The van der Waals surface area contributed by atoms with Crippen LogP contribution in [0.4, 0.5) is 0 Å². The Balaban J connectivity index is 2.58. The minimum absolute atomic E-state index is 0.293. The zero-order chi connectivity index (χ0) is 8.43. The van der Waals surface area contributed by atoms with Gasteiger partial charge in [0.1, 0.15) is 5.78 Å². The summed E-state index contributed by atoms with van der Waals surface area (Å²) in [6.07, 6.45) is 1.91. The summed E-state index contributed by atoms with van der Waals surface area (Å²) in [5.74, 6) is 0.754. The van der Waals surface area contributed by atoms with Gasteiger partial charge < -0.3 is 0 Å². The maximum absolute atomic E-state index is 11.4. The van der Waals surface area contributed by atoms with Crippen LogP contribution in [0, 0.1) is 5.92 Å². The maximum atomic E-state index is 11.4. The Hall–Kier alpha value is 0.0200. The lowest BCUT2D eigenvalue weighted by Crippen LogP contribution is -2.31. The second-order valence-corrected chi connectivity index (χ2v) is 5.03. The Morgan fingerprint density at radius 1 is 1.55 bits per heavy atom. The average Bonchev–Trinajstić information content (AvgIpc) is 1.96. The molecular formula is C9H16OS. The molecule has 11 heavy (non-hydrogen) atoms. The van der Waals surface area contributed by atoms with Gasteiger partial charge in [-0.25, -0.2) is 0 Å². The van der Waals surface area contributed by atoms with E-state index in [1.54, 1.807) is 0 Å². The Bertz CT molecular complexity index is 156. The molecule has 1 heterocycles. The van der Waals surface area contributed by atoms with Crippen molar-refractivity contribution >= 4 is 17.5 Å². The highest BCUT2D eigenvalue weighted by atomic mass is 32.2. The topological polar surface area (TPSA) is 17.1 Å². The molecule has 1 fully saturated rings. The van der Waals surface area contributed by atoms with E-state index >= 15 is 0 Å². The molecule has 0 N–H and O–H groups in total. The van der Waals surface area contributed by atoms with E-state index in [0.29, 0.717) is 22.2 Å². The Labute approximate surface area is 72.9 Å². The van der Waals surface area contributed by atoms with E-state index in [4.69, 9.17) is 0 Å². The first-order valence-corrected chi connectivity index (χ1v) is 5.27. The number of hydrogen-bond donors (Lipinski definition) is 0. The zero-order valence-corrected chi connectivity index (χ0v) is 8.28. The maximum Gasteiger partial charge on any atom is 0.137 e. The molecule has 1 saturated heterocycles. The minimum atomic E-state index is 0.293. The van der Waals surface area contributed by atoms with Gasteiger partial charge >= 0.3 is 0 Å². The van der Waals surface area contributed by atoms with Crippen LogP contribution in [-0.2, 0) is 4.79 Å². The summed E-state index contributed by atoms with van der Waals surface area (Å²) in [7, 11) is 0. The van der Waals surface area contributed by atoms with Crippen molar-refractivity contribution in [3.8, 4) is 0 Å². The molecule has 3 atom stereocenters. The van der Waals surface area contributed by atoms with Crippen LogP contribution in [0.15, 0.2) is 0 Å². The van der Waals surface area contributed by atoms with Crippen LogP contribution in [0.5, 0.6) is 0 Å². The summed E-state index contributed by atoms with van der Waals surface area (Å²) in [6, 6.07) is 0. The van der Waals surface area contributed by atoms with Crippen molar-refractivity contribution in [2.45, 2.75) is 44.1 Å². The van der Waals surface area contributed by atoms with Crippen LogP contribution < -0.4 is 0 Å². The van der Waals surface area contributed by atoms with E-state index in [1.807, 2.05) is 11.8 Å². The molecule has 0 aromatic carbocycles. The molecule has 0 radical (unpaired) electrons. The van der Waals surface area contributed by atoms with Gasteiger partial charge in [-0.3, -0.25) is 4.79 Å². The summed E-state index contributed by atoms with van der Waals surface area (Å²) >= 11 is 1.98. The van der Waals surface area contributed by atoms with Crippen molar-refractivity contribution in [2.75, 3.05) is 0 Å². The number of ketones is 1. The number of carbonyl (C=O) groups excluding carboxylic acids is 1. The first kappa shape index (κ1) is 9.11. The molecule has 0 saturated carbocycles. The Kier molecular flexibility index (Phi) is 2.99. The number of hydrogen-bond acceptors (Lipinski definition) is 2. The summed E-state index contributed by atoms with van der Waals surface area (Å²) in [5, 5.41) is 1.12. The number of Topliss-reactive ketones (excluding diaryl/α,β-unsaturated/α-hetero) is 1. The summed E-state index contributed by atoms with van der Waals surface area (Å²) in [5.41, 5.74) is 0. The summed E-state index contributed by atoms with van der Waals surface area (Å²) in [6.45, 7) is 6.38. The number of thioether (sulfide) groups is 1. The molecule has 64 valence electrons. The largest absolute Gasteiger partial charge is 0.299 e. The van der Waals surface area contributed by atoms with Gasteiger partial charge in [0.2, 0.25) is 0 Å². The third-order valence-corrected chi connectivity index (χ3v) is 4.09. The van der Waals surface area contributed by atoms with Gasteiger partial charge in [0.15, 0.2) is 0 Å². The molecule has 0 aromatic rings. The lowest BCUT2D eigenvalue weighted by Gasteiger charge is -2.30. The third-order valence-electron chi connectivity index (χ3n) is 2.36. The molecular weight excluding hydrogens is 156 g/mol. The van der Waals surface area contributed by atoms with Gasteiger partial charge in [0.05, 0.1) is 0 Å². The lowest BCUT2D eigenvalue weighted by molar-refractivity contribution is -0.122. The van der Waals surface area contributed by atoms with E-state index in [2.05, 4.69) is 20.8 Å². The second-order valence-electron chi connectivity index (χ2n) is 3.35. The molecule has 0 aliphatic carbocycles. The number of rotatable bonds is 1. The van der Waals surface area contributed by atoms with Crippen LogP contribution in [0.1, 0.15) is 33.6 Å². The Morgan fingerprint density at radius 2 is 2.18 bits per heavy atom. The van der Waals surface area contributed by atoms with Crippen LogP contribution in [0.3, 0.4) is 0 Å². The van der Waals surface area contributed by atoms with E-state index in [1.165, 1.54) is 0 Å². The fourth-order valence-electron chi connectivity index (χ4n) is 1.59. The van der Waals surface area contributed by atoms with Crippen LogP contribution in [0.25, 0.3) is 0 Å². The number of carbonyl (C=O) groups is 1. The lowest BCUT2D eigenvalue weighted by atomic mass is 9.96. The molecule has 0 bridgehead atoms. The molecule has 0 amide bonds. The quantitative estimate of drug-likeness (QED) is 0.604. The van der Waals surface area contributed by atoms with Gasteiger partial charge in [-0.15, -0.1) is 0 Å². The molecule has 1 rings (SSSR count). The molecule has 1 aliphatic heterocycles. The standard InChI is InChI=1S/C9H16OS/c1-4-9-7(3)8(10)5-6(2)11-9/h6-7,9H,4-5H2,1-3H3/t6-,7+,9-/m0/s1. The first-order chi connectivity index (χ1) is 5.15. The van der Waals surface area contributed by atoms with Crippen molar-refractivity contribution in [1.82, 2.24) is 0 Å². The second kappa shape index (κ2) is 3.61.